The molecule has 5 nitrogen and oxygen atoms in total. The van der Waals surface area contributed by atoms with Gasteiger partial charge in [-0.1, -0.05) is 6.92 Å². The second-order valence-corrected chi connectivity index (χ2v) is 5.82. The van der Waals surface area contributed by atoms with Crippen molar-refractivity contribution in [1.82, 2.24) is 14.8 Å². The van der Waals surface area contributed by atoms with Gasteiger partial charge in [0.15, 0.2) is 0 Å². The molecule has 0 unspecified atom stereocenters. The van der Waals surface area contributed by atoms with E-state index in [9.17, 15) is 4.79 Å². The van der Waals surface area contributed by atoms with Gasteiger partial charge in [0, 0.05) is 39.3 Å². The van der Waals surface area contributed by atoms with Crippen LogP contribution < -0.4 is 4.90 Å². The molecule has 2 fully saturated rings. The molecule has 0 saturated carbocycles. The van der Waals surface area contributed by atoms with E-state index in [0.29, 0.717) is 5.69 Å². The van der Waals surface area contributed by atoms with E-state index in [1.807, 2.05) is 23.2 Å². The van der Waals surface area contributed by atoms with Gasteiger partial charge in [-0.05, 0) is 31.5 Å². The fourth-order valence-corrected chi connectivity index (χ4v) is 3.10. The zero-order valence-corrected chi connectivity index (χ0v) is 12.8. The summed E-state index contributed by atoms with van der Waals surface area (Å²) < 4.78 is 0. The molecular weight excluding hydrogens is 264 g/mol. The summed E-state index contributed by atoms with van der Waals surface area (Å²) in [4.78, 5) is 23.4. The van der Waals surface area contributed by atoms with Crippen LogP contribution >= 0.6 is 0 Å². The van der Waals surface area contributed by atoms with Crippen molar-refractivity contribution in [3.63, 3.8) is 0 Å². The largest absolute Gasteiger partial charge is 0.368 e. The first-order valence-electron chi connectivity index (χ1n) is 8.00. The van der Waals surface area contributed by atoms with E-state index in [4.69, 9.17) is 0 Å². The van der Waals surface area contributed by atoms with Crippen LogP contribution in [0.2, 0.25) is 0 Å². The summed E-state index contributed by atoms with van der Waals surface area (Å²) in [6.07, 6.45) is 4.09. The Labute approximate surface area is 126 Å². The number of piperazine rings is 1. The van der Waals surface area contributed by atoms with Gasteiger partial charge in [0.1, 0.15) is 5.69 Å². The van der Waals surface area contributed by atoms with Crippen molar-refractivity contribution in [2.75, 3.05) is 50.7 Å². The molecule has 21 heavy (non-hydrogen) atoms. The zero-order valence-electron chi connectivity index (χ0n) is 12.8. The van der Waals surface area contributed by atoms with Crippen molar-refractivity contribution >= 4 is 11.6 Å². The standard InChI is InChI=1S/C16H24N4O/c1-2-18-9-11-19(12-10-18)14-5-6-15(17-13-14)16(21)20-7-3-4-8-20/h5-6,13H,2-4,7-12H2,1H3. The molecule has 1 amide bonds. The van der Waals surface area contributed by atoms with E-state index >= 15 is 0 Å². The van der Waals surface area contributed by atoms with Crippen molar-refractivity contribution in [1.29, 1.82) is 0 Å². The minimum Gasteiger partial charge on any atom is -0.368 e. The van der Waals surface area contributed by atoms with Gasteiger partial charge in [-0.25, -0.2) is 4.98 Å². The summed E-state index contributed by atoms with van der Waals surface area (Å²) in [6, 6.07) is 3.92. The Kier molecular flexibility index (Phi) is 4.39. The average Bonchev–Trinajstić information content (AvgIpc) is 3.09. The third-order valence-corrected chi connectivity index (χ3v) is 4.54. The van der Waals surface area contributed by atoms with Crippen molar-refractivity contribution in [2.24, 2.45) is 0 Å². The molecule has 0 bridgehead atoms. The maximum absolute atomic E-state index is 12.3. The van der Waals surface area contributed by atoms with Crippen LogP contribution in [-0.4, -0.2) is 66.5 Å². The van der Waals surface area contributed by atoms with Crippen LogP contribution in [0.5, 0.6) is 0 Å². The van der Waals surface area contributed by atoms with E-state index in [1.54, 1.807) is 0 Å². The number of anilines is 1. The predicted octanol–water partition coefficient (Wildman–Crippen LogP) is 1.46. The molecule has 2 aliphatic rings. The Hall–Kier alpha value is -1.62. The third kappa shape index (κ3) is 3.18. The Bertz CT molecular complexity index is 474. The van der Waals surface area contributed by atoms with Gasteiger partial charge in [-0.15, -0.1) is 0 Å². The Morgan fingerprint density at radius 2 is 1.81 bits per heavy atom. The van der Waals surface area contributed by atoms with Crippen LogP contribution in [0.15, 0.2) is 18.3 Å². The minimum atomic E-state index is 0.0786. The normalized spacial score (nSPS) is 20.0. The number of hydrogen-bond acceptors (Lipinski definition) is 4. The lowest BCUT2D eigenvalue weighted by Gasteiger charge is -2.35. The maximum atomic E-state index is 12.3. The molecule has 0 radical (unpaired) electrons. The number of hydrogen-bond donors (Lipinski definition) is 0. The number of amides is 1. The fraction of sp³-hybridized carbons (Fsp3) is 0.625. The summed E-state index contributed by atoms with van der Waals surface area (Å²) in [6.45, 7) is 9.35. The molecule has 3 rings (SSSR count). The minimum absolute atomic E-state index is 0.0786. The van der Waals surface area contributed by atoms with E-state index < -0.39 is 0 Å². The molecule has 2 saturated heterocycles. The molecule has 0 aromatic carbocycles. The molecule has 3 heterocycles. The fourth-order valence-electron chi connectivity index (χ4n) is 3.10. The molecule has 0 spiro atoms. The second kappa shape index (κ2) is 6.43. The summed E-state index contributed by atoms with van der Waals surface area (Å²) >= 11 is 0. The molecule has 114 valence electrons. The predicted molar refractivity (Wildman–Crippen MR) is 83.7 cm³/mol. The Morgan fingerprint density at radius 1 is 1.10 bits per heavy atom. The van der Waals surface area contributed by atoms with E-state index in [0.717, 1.165) is 64.3 Å². The zero-order chi connectivity index (χ0) is 14.7. The number of likely N-dealkylation sites (N-methyl/N-ethyl adjacent to an activating group) is 1. The first-order valence-corrected chi connectivity index (χ1v) is 8.00. The molecule has 0 N–H and O–H groups in total. The topological polar surface area (TPSA) is 39.7 Å². The number of likely N-dealkylation sites (tertiary alicyclic amines) is 1. The first kappa shape index (κ1) is 14.3. The Morgan fingerprint density at radius 3 is 2.38 bits per heavy atom. The average molecular weight is 288 g/mol. The van der Waals surface area contributed by atoms with E-state index in [2.05, 4.69) is 21.7 Å². The SMILES string of the molecule is CCN1CCN(c2ccc(C(=O)N3CCCC3)nc2)CC1. The first-order chi connectivity index (χ1) is 10.3. The number of carbonyl (C=O) groups excluding carboxylic acids is 1. The van der Waals surface area contributed by atoms with Gasteiger partial charge < -0.3 is 14.7 Å². The van der Waals surface area contributed by atoms with Gasteiger partial charge in [0.05, 0.1) is 11.9 Å². The molecule has 0 atom stereocenters. The van der Waals surface area contributed by atoms with Gasteiger partial charge in [0.25, 0.3) is 5.91 Å². The summed E-state index contributed by atoms with van der Waals surface area (Å²) in [5, 5.41) is 0. The monoisotopic (exact) mass is 288 g/mol. The third-order valence-electron chi connectivity index (χ3n) is 4.54. The Balaban J connectivity index is 1.63. The number of carbonyl (C=O) groups is 1. The van der Waals surface area contributed by atoms with Crippen LogP contribution in [0.4, 0.5) is 5.69 Å². The highest BCUT2D eigenvalue weighted by atomic mass is 16.2. The highest BCUT2D eigenvalue weighted by Gasteiger charge is 2.21. The summed E-state index contributed by atoms with van der Waals surface area (Å²) in [5.41, 5.74) is 1.71. The number of rotatable bonds is 3. The van der Waals surface area contributed by atoms with Gasteiger partial charge >= 0.3 is 0 Å². The number of nitrogens with zero attached hydrogens (tertiary/aromatic N) is 4. The van der Waals surface area contributed by atoms with Crippen molar-refractivity contribution < 1.29 is 4.79 Å². The van der Waals surface area contributed by atoms with Gasteiger partial charge in [-0.2, -0.15) is 0 Å². The molecule has 1 aromatic rings. The number of pyridine rings is 1. The highest BCUT2D eigenvalue weighted by molar-refractivity contribution is 5.92. The lowest BCUT2D eigenvalue weighted by atomic mass is 10.2. The molecule has 1 aromatic heterocycles. The lowest BCUT2D eigenvalue weighted by molar-refractivity contribution is 0.0787. The number of aromatic nitrogens is 1. The van der Waals surface area contributed by atoms with E-state index in [-0.39, 0.29) is 5.91 Å². The van der Waals surface area contributed by atoms with Gasteiger partial charge in [-0.3, -0.25) is 4.79 Å². The molecule has 5 heteroatoms. The lowest BCUT2D eigenvalue weighted by Crippen LogP contribution is -2.46. The summed E-state index contributed by atoms with van der Waals surface area (Å²) in [7, 11) is 0. The highest BCUT2D eigenvalue weighted by Crippen LogP contribution is 2.17. The summed E-state index contributed by atoms with van der Waals surface area (Å²) in [5.74, 6) is 0.0786. The molecular formula is C16H24N4O. The van der Waals surface area contributed by atoms with Crippen LogP contribution in [0.1, 0.15) is 30.3 Å². The smallest absolute Gasteiger partial charge is 0.272 e. The molecule has 2 aliphatic heterocycles. The second-order valence-electron chi connectivity index (χ2n) is 5.82. The van der Waals surface area contributed by atoms with Crippen LogP contribution in [-0.2, 0) is 0 Å². The molecule has 0 aliphatic carbocycles. The van der Waals surface area contributed by atoms with Crippen molar-refractivity contribution in [2.45, 2.75) is 19.8 Å². The maximum Gasteiger partial charge on any atom is 0.272 e. The van der Waals surface area contributed by atoms with Crippen LogP contribution in [0.25, 0.3) is 0 Å². The van der Waals surface area contributed by atoms with Gasteiger partial charge in [0.2, 0.25) is 0 Å². The van der Waals surface area contributed by atoms with Crippen LogP contribution in [0, 0.1) is 0 Å². The van der Waals surface area contributed by atoms with Crippen LogP contribution in [0.3, 0.4) is 0 Å². The van der Waals surface area contributed by atoms with Crippen molar-refractivity contribution in [3.8, 4) is 0 Å². The van der Waals surface area contributed by atoms with E-state index in [1.165, 1.54) is 0 Å². The quantitative estimate of drug-likeness (QED) is 0.844. The van der Waals surface area contributed by atoms with Crippen molar-refractivity contribution in [3.05, 3.63) is 24.0 Å².